The molecule has 0 spiro atoms. The lowest BCUT2D eigenvalue weighted by Gasteiger charge is -2.33. The molecule has 4 rings (SSSR count). The Bertz CT molecular complexity index is 1320. The van der Waals surface area contributed by atoms with Crippen LogP contribution in [0.2, 0.25) is 0 Å². The molecule has 0 unspecified atom stereocenters. The minimum atomic E-state index is -3.98. The highest BCUT2D eigenvalue weighted by atomic mass is 32.2. The first-order chi connectivity index (χ1) is 15.7. The number of primary amides is 1. The Labute approximate surface area is 187 Å². The van der Waals surface area contributed by atoms with E-state index in [1.165, 1.54) is 46.0 Å². The number of piperazine rings is 1. The van der Waals surface area contributed by atoms with Crippen molar-refractivity contribution in [2.24, 2.45) is 5.73 Å². The number of sulfonamides is 1. The van der Waals surface area contributed by atoms with E-state index in [2.05, 4.69) is 5.10 Å². The molecule has 3 aromatic rings. The van der Waals surface area contributed by atoms with Crippen molar-refractivity contribution < 1.29 is 27.3 Å². The zero-order valence-electron chi connectivity index (χ0n) is 17.0. The van der Waals surface area contributed by atoms with E-state index < -0.39 is 25.9 Å². The Morgan fingerprint density at radius 1 is 1.03 bits per heavy atom. The Balaban J connectivity index is 1.41. The molecule has 14 heteroatoms. The van der Waals surface area contributed by atoms with Gasteiger partial charge in [-0.2, -0.15) is 9.40 Å². The van der Waals surface area contributed by atoms with E-state index >= 15 is 0 Å². The number of benzene rings is 1. The van der Waals surface area contributed by atoms with Crippen LogP contribution in [-0.2, 0) is 10.0 Å². The normalized spacial score (nSPS) is 14.8. The summed E-state index contributed by atoms with van der Waals surface area (Å²) in [6, 6.07) is 9.57. The smallest absolute Gasteiger partial charge is 0.284 e. The van der Waals surface area contributed by atoms with Gasteiger partial charge in [0.05, 0.1) is 10.6 Å². The van der Waals surface area contributed by atoms with E-state index in [0.717, 1.165) is 10.4 Å². The molecule has 0 saturated carbocycles. The van der Waals surface area contributed by atoms with E-state index in [1.807, 2.05) is 0 Å². The maximum absolute atomic E-state index is 12.8. The zero-order chi connectivity index (χ0) is 23.8. The number of nitrogens with two attached hydrogens (primary N) is 1. The van der Waals surface area contributed by atoms with Crippen LogP contribution in [0, 0.1) is 10.1 Å². The fraction of sp³-hybridized carbons (Fsp3) is 0.211. The Kier molecular flexibility index (Phi) is 5.69. The number of amides is 2. The number of carbonyl (C=O) groups excluding carboxylic acids is 2. The van der Waals surface area contributed by atoms with Gasteiger partial charge in [0.25, 0.3) is 27.5 Å². The summed E-state index contributed by atoms with van der Waals surface area (Å²) in [5.74, 6) is -1.51. The van der Waals surface area contributed by atoms with Gasteiger partial charge in [0.1, 0.15) is 0 Å². The summed E-state index contributed by atoms with van der Waals surface area (Å²) in [4.78, 5) is 35.7. The predicted octanol–water partition coefficient (Wildman–Crippen LogP) is 0.619. The van der Waals surface area contributed by atoms with Gasteiger partial charge in [0, 0.05) is 44.5 Å². The highest BCUT2D eigenvalue weighted by Gasteiger charge is 2.33. The largest absolute Gasteiger partial charge is 0.438 e. The molecule has 1 fully saturated rings. The molecule has 0 bridgehead atoms. The Hall–Kier alpha value is -4.04. The second-order valence-electron chi connectivity index (χ2n) is 7.10. The molecule has 0 radical (unpaired) electrons. The number of nitrogens with zero attached hydrogens (tertiary/aromatic N) is 5. The van der Waals surface area contributed by atoms with Crippen molar-refractivity contribution in [1.29, 1.82) is 0 Å². The van der Waals surface area contributed by atoms with Gasteiger partial charge >= 0.3 is 0 Å². The topological polar surface area (TPSA) is 175 Å². The predicted molar refractivity (Wildman–Crippen MR) is 112 cm³/mol. The molecule has 0 atom stereocenters. The summed E-state index contributed by atoms with van der Waals surface area (Å²) in [7, 11) is -3.98. The third kappa shape index (κ3) is 4.33. The fourth-order valence-corrected chi connectivity index (χ4v) is 4.65. The molecular formula is C19H18N6O7S. The molecule has 13 nitrogen and oxygen atoms in total. The minimum Gasteiger partial charge on any atom is -0.438 e. The number of rotatable bonds is 6. The molecule has 1 saturated heterocycles. The van der Waals surface area contributed by atoms with Crippen LogP contribution in [0.5, 0.6) is 0 Å². The summed E-state index contributed by atoms with van der Waals surface area (Å²) in [5, 5.41) is 14.6. The highest BCUT2D eigenvalue weighted by molar-refractivity contribution is 7.89. The highest BCUT2D eigenvalue weighted by Crippen LogP contribution is 2.21. The van der Waals surface area contributed by atoms with Crippen LogP contribution in [0.3, 0.4) is 0 Å². The molecule has 2 aromatic heterocycles. The van der Waals surface area contributed by atoms with Crippen molar-refractivity contribution in [3.63, 3.8) is 0 Å². The molecule has 3 heterocycles. The number of aromatic nitrogens is 2. The zero-order valence-corrected chi connectivity index (χ0v) is 17.8. The van der Waals surface area contributed by atoms with Crippen molar-refractivity contribution in [1.82, 2.24) is 19.0 Å². The number of hydrogen-bond acceptors (Lipinski definition) is 8. The van der Waals surface area contributed by atoms with Gasteiger partial charge in [-0.3, -0.25) is 19.7 Å². The van der Waals surface area contributed by atoms with E-state index in [-0.39, 0.29) is 49.2 Å². The van der Waals surface area contributed by atoms with Crippen molar-refractivity contribution in [3.05, 3.63) is 70.2 Å². The van der Waals surface area contributed by atoms with E-state index in [1.54, 1.807) is 6.20 Å². The molecule has 1 aromatic carbocycles. The van der Waals surface area contributed by atoms with Gasteiger partial charge in [0.2, 0.25) is 5.09 Å². The van der Waals surface area contributed by atoms with Gasteiger partial charge in [0.15, 0.2) is 11.5 Å². The molecular weight excluding hydrogens is 456 g/mol. The lowest BCUT2D eigenvalue weighted by atomic mass is 10.3. The van der Waals surface area contributed by atoms with Crippen LogP contribution in [0.1, 0.15) is 21.0 Å². The minimum absolute atomic E-state index is 0.0315. The summed E-state index contributed by atoms with van der Waals surface area (Å²) in [5.41, 5.74) is 5.73. The second kappa shape index (κ2) is 8.48. The quantitative estimate of drug-likeness (QED) is 0.399. The van der Waals surface area contributed by atoms with E-state index in [4.69, 9.17) is 10.2 Å². The summed E-state index contributed by atoms with van der Waals surface area (Å²) >= 11 is 0. The monoisotopic (exact) mass is 474 g/mol. The number of nitro benzene ring substituents is 1. The lowest BCUT2D eigenvalue weighted by molar-refractivity contribution is -0.384. The van der Waals surface area contributed by atoms with Crippen molar-refractivity contribution in [2.45, 2.75) is 5.09 Å². The molecule has 172 valence electrons. The van der Waals surface area contributed by atoms with Crippen LogP contribution in [0.4, 0.5) is 5.69 Å². The van der Waals surface area contributed by atoms with Gasteiger partial charge in [-0.15, -0.1) is 0 Å². The number of carbonyl (C=O) groups is 2. The lowest BCUT2D eigenvalue weighted by Crippen LogP contribution is -2.50. The van der Waals surface area contributed by atoms with E-state index in [9.17, 15) is 28.1 Å². The Morgan fingerprint density at radius 2 is 1.70 bits per heavy atom. The maximum atomic E-state index is 12.8. The fourth-order valence-electron chi connectivity index (χ4n) is 3.32. The molecule has 2 N–H and O–H groups in total. The maximum Gasteiger partial charge on any atom is 0.284 e. The van der Waals surface area contributed by atoms with Gasteiger partial charge < -0.3 is 15.1 Å². The van der Waals surface area contributed by atoms with Crippen LogP contribution in [0.25, 0.3) is 5.69 Å². The van der Waals surface area contributed by atoms with Gasteiger partial charge in [-0.05, 0) is 30.3 Å². The first-order valence-corrected chi connectivity index (χ1v) is 11.1. The number of hydrogen-bond donors (Lipinski definition) is 1. The van der Waals surface area contributed by atoms with Crippen LogP contribution >= 0.6 is 0 Å². The third-order valence-electron chi connectivity index (χ3n) is 5.08. The number of nitro groups is 1. The van der Waals surface area contributed by atoms with Crippen LogP contribution in [-0.4, -0.2) is 70.3 Å². The summed E-state index contributed by atoms with van der Waals surface area (Å²) in [6.45, 7) is 0.325. The average molecular weight is 474 g/mol. The SMILES string of the molecule is NC(=O)c1ccc(S(=O)(=O)N2CCN(C(=O)c3ccn(-c4ccc([N+](=O)[O-])cc4)n3)CC2)o1. The van der Waals surface area contributed by atoms with Gasteiger partial charge in [-0.25, -0.2) is 13.1 Å². The molecule has 0 aliphatic carbocycles. The third-order valence-corrected chi connectivity index (χ3v) is 6.85. The summed E-state index contributed by atoms with van der Waals surface area (Å²) in [6.07, 6.45) is 1.56. The molecule has 1 aliphatic heterocycles. The van der Waals surface area contributed by atoms with Crippen molar-refractivity contribution in [3.8, 4) is 5.69 Å². The second-order valence-corrected chi connectivity index (χ2v) is 8.97. The molecule has 33 heavy (non-hydrogen) atoms. The van der Waals surface area contributed by atoms with Gasteiger partial charge in [-0.1, -0.05) is 0 Å². The summed E-state index contributed by atoms with van der Waals surface area (Å²) < 4.78 is 33.1. The molecule has 1 aliphatic rings. The van der Waals surface area contributed by atoms with E-state index in [0.29, 0.717) is 5.69 Å². The first-order valence-electron chi connectivity index (χ1n) is 9.66. The molecule has 2 amide bonds. The van der Waals surface area contributed by atoms with Crippen LogP contribution < -0.4 is 5.73 Å². The number of non-ortho nitro benzene ring substituents is 1. The average Bonchev–Trinajstić information content (AvgIpc) is 3.49. The van der Waals surface area contributed by atoms with Crippen LogP contribution in [0.15, 0.2) is 58.2 Å². The van der Waals surface area contributed by atoms with Crippen molar-refractivity contribution >= 4 is 27.5 Å². The number of furan rings is 1. The standard InChI is InChI=1S/C19H18N6O7S/c20-18(26)16-5-6-17(32-16)33(30,31)23-11-9-22(10-12-23)19(27)15-7-8-24(21-15)13-1-3-14(4-2-13)25(28)29/h1-8H,9-12H2,(H2,20,26). The first kappa shape index (κ1) is 22.2. The Morgan fingerprint density at radius 3 is 2.27 bits per heavy atom. The van der Waals surface area contributed by atoms with Crippen molar-refractivity contribution in [2.75, 3.05) is 26.2 Å².